The van der Waals surface area contributed by atoms with E-state index in [-0.39, 0.29) is 17.5 Å². The van der Waals surface area contributed by atoms with E-state index in [4.69, 9.17) is 5.11 Å². The van der Waals surface area contributed by atoms with Crippen LogP contribution < -0.4 is 0 Å². The average molecular weight is 370 g/mol. The number of fused-ring (bicyclic) bond motifs is 1. The molecule has 2 aromatic rings. The van der Waals surface area contributed by atoms with Gasteiger partial charge in [-0.15, -0.1) is 0 Å². The van der Waals surface area contributed by atoms with Crippen molar-refractivity contribution in [3.05, 3.63) is 18.2 Å². The summed E-state index contributed by atoms with van der Waals surface area (Å²) in [4.78, 5) is 12.7. The summed E-state index contributed by atoms with van der Waals surface area (Å²) in [6, 6.07) is 5.04. The molecule has 0 unspecified atom stereocenters. The molecule has 1 N–H and O–H groups in total. The summed E-state index contributed by atoms with van der Waals surface area (Å²) >= 11 is 0.995. The maximum absolute atomic E-state index is 12.9. The van der Waals surface area contributed by atoms with Crippen molar-refractivity contribution < 1.29 is 18.3 Å². The quantitative estimate of drug-likeness (QED) is 0.832. The summed E-state index contributed by atoms with van der Waals surface area (Å²) in [7, 11) is -1.87. The molecule has 1 saturated heterocycles. The molecule has 0 amide bonds. The van der Waals surface area contributed by atoms with Gasteiger partial charge in [-0.2, -0.15) is 13.1 Å². The minimum atomic E-state index is -3.63. The lowest BCUT2D eigenvalue weighted by Gasteiger charge is -2.35. The zero-order chi connectivity index (χ0) is 17.3. The fourth-order valence-electron chi connectivity index (χ4n) is 2.99. The predicted molar refractivity (Wildman–Crippen MR) is 89.5 cm³/mol. The molecule has 0 bridgehead atoms. The number of sulfonamides is 1. The highest BCUT2D eigenvalue weighted by atomic mass is 32.2. The third-order valence-electron chi connectivity index (χ3n) is 4.30. The van der Waals surface area contributed by atoms with Gasteiger partial charge in [-0.05, 0) is 32.0 Å². The lowest BCUT2D eigenvalue weighted by atomic mass is 10.1. The van der Waals surface area contributed by atoms with Crippen LogP contribution in [0.3, 0.4) is 0 Å². The Hall–Kier alpha value is -1.62. The van der Waals surface area contributed by atoms with E-state index >= 15 is 0 Å². The van der Waals surface area contributed by atoms with Crippen LogP contribution in [0.5, 0.6) is 0 Å². The van der Waals surface area contributed by atoms with Crippen LogP contribution in [0.1, 0.15) is 12.8 Å². The maximum atomic E-state index is 12.9. The minimum absolute atomic E-state index is 0.0405. The van der Waals surface area contributed by atoms with Gasteiger partial charge in [0.05, 0.1) is 18.3 Å². The van der Waals surface area contributed by atoms with E-state index in [1.165, 1.54) is 4.31 Å². The van der Waals surface area contributed by atoms with Crippen molar-refractivity contribution in [1.82, 2.24) is 18.0 Å². The van der Waals surface area contributed by atoms with Crippen molar-refractivity contribution >= 4 is 38.8 Å². The highest BCUT2D eigenvalue weighted by Gasteiger charge is 2.32. The topological polar surface area (TPSA) is 104 Å². The van der Waals surface area contributed by atoms with Crippen molar-refractivity contribution in [1.29, 1.82) is 0 Å². The molecule has 2 heterocycles. The van der Waals surface area contributed by atoms with Gasteiger partial charge in [0.25, 0.3) is 0 Å². The van der Waals surface area contributed by atoms with Crippen molar-refractivity contribution in [2.75, 3.05) is 26.7 Å². The molecule has 3 rings (SSSR count). The Morgan fingerprint density at radius 3 is 2.75 bits per heavy atom. The van der Waals surface area contributed by atoms with Gasteiger partial charge in [0, 0.05) is 19.1 Å². The molecule has 0 saturated carbocycles. The Morgan fingerprint density at radius 2 is 2.08 bits per heavy atom. The number of carboxylic acids is 1. The largest absolute Gasteiger partial charge is 0.480 e. The molecule has 1 aromatic heterocycles. The molecule has 0 radical (unpaired) electrons. The Morgan fingerprint density at radius 1 is 1.38 bits per heavy atom. The standard InChI is InChI=1S/C14H18N4O4S2/c1-17(9-13(19)20)10-5-7-18(8-6-10)24(21,22)12-4-2-3-11-14(12)16-23-15-11/h2-4,10H,5-9H2,1H3,(H,19,20). The van der Waals surface area contributed by atoms with Crippen LogP contribution >= 0.6 is 11.7 Å². The average Bonchev–Trinajstić information content (AvgIpc) is 3.02. The van der Waals surface area contributed by atoms with Gasteiger partial charge in [-0.3, -0.25) is 9.69 Å². The first-order valence-corrected chi connectivity index (χ1v) is 9.70. The minimum Gasteiger partial charge on any atom is -0.480 e. The molecule has 0 atom stereocenters. The van der Waals surface area contributed by atoms with E-state index in [2.05, 4.69) is 8.75 Å². The molecule has 1 aromatic carbocycles. The van der Waals surface area contributed by atoms with Crippen LogP contribution in [0, 0.1) is 0 Å². The zero-order valence-electron chi connectivity index (χ0n) is 13.1. The van der Waals surface area contributed by atoms with Crippen molar-refractivity contribution in [2.45, 2.75) is 23.8 Å². The van der Waals surface area contributed by atoms with E-state index < -0.39 is 16.0 Å². The molecule has 24 heavy (non-hydrogen) atoms. The molecular weight excluding hydrogens is 352 g/mol. The van der Waals surface area contributed by atoms with Crippen molar-refractivity contribution in [3.63, 3.8) is 0 Å². The number of piperidine rings is 1. The van der Waals surface area contributed by atoms with Crippen LogP contribution in [0.4, 0.5) is 0 Å². The molecule has 0 spiro atoms. The van der Waals surface area contributed by atoms with Gasteiger partial charge < -0.3 is 5.11 Å². The third kappa shape index (κ3) is 3.27. The number of benzene rings is 1. The Labute approximate surface area is 144 Å². The van der Waals surface area contributed by atoms with Gasteiger partial charge in [0.2, 0.25) is 10.0 Å². The zero-order valence-corrected chi connectivity index (χ0v) is 14.8. The number of hydrogen-bond acceptors (Lipinski definition) is 7. The summed E-state index contributed by atoms with van der Waals surface area (Å²) in [6.45, 7) is 0.692. The predicted octanol–water partition coefficient (Wildman–Crippen LogP) is 0.861. The van der Waals surface area contributed by atoms with Crippen molar-refractivity contribution in [3.8, 4) is 0 Å². The first kappa shape index (κ1) is 17.2. The number of carboxylic acid groups (broad SMARTS) is 1. The van der Waals surface area contributed by atoms with Crippen LogP contribution in [-0.2, 0) is 14.8 Å². The van der Waals surface area contributed by atoms with Gasteiger partial charge in [-0.25, -0.2) is 8.42 Å². The Balaban J connectivity index is 1.76. The molecule has 1 aliphatic heterocycles. The first-order valence-electron chi connectivity index (χ1n) is 7.53. The Bertz CT molecular complexity index is 843. The fourth-order valence-corrected chi connectivity index (χ4v) is 5.22. The normalized spacial score (nSPS) is 17.6. The summed E-state index contributed by atoms with van der Waals surface area (Å²) in [5.74, 6) is -0.879. The van der Waals surface area contributed by atoms with Gasteiger partial charge in [0.15, 0.2) is 0 Å². The molecule has 0 aliphatic carbocycles. The highest BCUT2D eigenvalue weighted by molar-refractivity contribution is 7.89. The van der Waals surface area contributed by atoms with Gasteiger partial charge in [-0.1, -0.05) is 6.07 Å². The summed E-state index contributed by atoms with van der Waals surface area (Å²) in [6.07, 6.45) is 1.21. The van der Waals surface area contributed by atoms with Crippen LogP contribution in [0.15, 0.2) is 23.1 Å². The van der Waals surface area contributed by atoms with Crippen molar-refractivity contribution in [2.24, 2.45) is 0 Å². The molecule has 1 fully saturated rings. The number of aliphatic carboxylic acids is 1. The van der Waals surface area contributed by atoms with Crippen LogP contribution in [0.2, 0.25) is 0 Å². The smallest absolute Gasteiger partial charge is 0.317 e. The highest BCUT2D eigenvalue weighted by Crippen LogP contribution is 2.27. The van der Waals surface area contributed by atoms with E-state index in [1.54, 1.807) is 30.1 Å². The molecular formula is C14H18N4O4S2. The first-order chi connectivity index (χ1) is 11.4. The number of likely N-dealkylation sites (N-methyl/N-ethyl adjacent to an activating group) is 1. The summed E-state index contributed by atoms with van der Waals surface area (Å²) < 4.78 is 35.5. The van der Waals surface area contributed by atoms with Crippen LogP contribution in [-0.4, -0.2) is 70.2 Å². The second-order valence-electron chi connectivity index (χ2n) is 5.83. The van der Waals surface area contributed by atoms with Crippen LogP contribution in [0.25, 0.3) is 11.0 Å². The van der Waals surface area contributed by atoms with E-state index in [0.29, 0.717) is 37.0 Å². The SMILES string of the molecule is CN(CC(=O)O)C1CCN(S(=O)(=O)c2cccc3nsnc23)CC1. The van der Waals surface area contributed by atoms with Gasteiger partial charge >= 0.3 is 5.97 Å². The van der Waals surface area contributed by atoms with E-state index in [0.717, 1.165) is 11.7 Å². The van der Waals surface area contributed by atoms with E-state index in [1.807, 2.05) is 0 Å². The number of rotatable bonds is 5. The number of nitrogens with zero attached hydrogens (tertiary/aromatic N) is 4. The third-order valence-corrected chi connectivity index (χ3v) is 6.77. The summed E-state index contributed by atoms with van der Waals surface area (Å²) in [5.41, 5.74) is 0.991. The van der Waals surface area contributed by atoms with E-state index in [9.17, 15) is 13.2 Å². The van der Waals surface area contributed by atoms with Gasteiger partial charge in [0.1, 0.15) is 15.9 Å². The number of aromatic nitrogens is 2. The number of hydrogen-bond donors (Lipinski definition) is 1. The fraction of sp³-hybridized carbons (Fsp3) is 0.500. The lowest BCUT2D eigenvalue weighted by molar-refractivity contribution is -0.138. The molecule has 8 nitrogen and oxygen atoms in total. The Kier molecular flexibility index (Phi) is 4.81. The number of carbonyl (C=O) groups is 1. The second-order valence-corrected chi connectivity index (χ2v) is 8.27. The second kappa shape index (κ2) is 6.71. The molecule has 130 valence electrons. The lowest BCUT2D eigenvalue weighted by Crippen LogP contribution is -2.46. The summed E-state index contributed by atoms with van der Waals surface area (Å²) in [5, 5.41) is 8.86. The molecule has 1 aliphatic rings. The monoisotopic (exact) mass is 370 g/mol. The maximum Gasteiger partial charge on any atom is 0.317 e. The molecule has 10 heteroatoms.